The normalized spacial score (nSPS) is 12.8. The first kappa shape index (κ1) is 10.2. The molecule has 72 valence electrons. The lowest BCUT2D eigenvalue weighted by atomic mass is 10.2. The SMILES string of the molecule is CC([NH3+])CCOCc1ccccc1. The van der Waals surface area contributed by atoms with Crippen LogP contribution in [0.25, 0.3) is 0 Å². The fraction of sp³-hybridized carbons (Fsp3) is 0.455. The van der Waals surface area contributed by atoms with E-state index in [-0.39, 0.29) is 0 Å². The third-order valence-corrected chi connectivity index (χ3v) is 1.87. The van der Waals surface area contributed by atoms with Crippen molar-refractivity contribution in [1.29, 1.82) is 0 Å². The second-order valence-corrected chi connectivity index (χ2v) is 3.43. The average Bonchev–Trinajstić information content (AvgIpc) is 2.14. The topological polar surface area (TPSA) is 36.9 Å². The zero-order valence-corrected chi connectivity index (χ0v) is 8.20. The summed E-state index contributed by atoms with van der Waals surface area (Å²) < 4.78 is 5.49. The first-order valence-corrected chi connectivity index (χ1v) is 4.74. The molecule has 0 spiro atoms. The molecule has 1 unspecified atom stereocenters. The summed E-state index contributed by atoms with van der Waals surface area (Å²) in [5, 5.41) is 0. The molecule has 0 saturated carbocycles. The quantitative estimate of drug-likeness (QED) is 0.680. The Kier molecular flexibility index (Phi) is 4.50. The molecule has 13 heavy (non-hydrogen) atoms. The van der Waals surface area contributed by atoms with Crippen molar-refractivity contribution in [2.24, 2.45) is 0 Å². The van der Waals surface area contributed by atoms with E-state index in [0.717, 1.165) is 13.0 Å². The highest BCUT2D eigenvalue weighted by molar-refractivity contribution is 5.13. The van der Waals surface area contributed by atoms with Gasteiger partial charge >= 0.3 is 0 Å². The zero-order chi connectivity index (χ0) is 9.52. The maximum absolute atomic E-state index is 5.49. The van der Waals surface area contributed by atoms with Gasteiger partial charge in [-0.1, -0.05) is 30.3 Å². The fourth-order valence-electron chi connectivity index (χ4n) is 1.05. The molecule has 1 aromatic carbocycles. The Morgan fingerprint density at radius 2 is 2.00 bits per heavy atom. The molecule has 1 aromatic rings. The summed E-state index contributed by atoms with van der Waals surface area (Å²) >= 11 is 0. The monoisotopic (exact) mass is 180 g/mol. The summed E-state index contributed by atoms with van der Waals surface area (Å²) in [5.41, 5.74) is 5.14. The Hall–Kier alpha value is -0.860. The van der Waals surface area contributed by atoms with Crippen molar-refractivity contribution >= 4 is 0 Å². The Bertz CT molecular complexity index is 221. The van der Waals surface area contributed by atoms with Gasteiger partial charge in [0.15, 0.2) is 0 Å². The van der Waals surface area contributed by atoms with Crippen LogP contribution in [0, 0.1) is 0 Å². The zero-order valence-electron chi connectivity index (χ0n) is 8.20. The van der Waals surface area contributed by atoms with Gasteiger partial charge in [0, 0.05) is 6.42 Å². The Labute approximate surface area is 79.7 Å². The van der Waals surface area contributed by atoms with Crippen molar-refractivity contribution in [2.75, 3.05) is 6.61 Å². The molecule has 0 heterocycles. The minimum atomic E-state index is 0.482. The van der Waals surface area contributed by atoms with Crippen molar-refractivity contribution in [3.8, 4) is 0 Å². The lowest BCUT2D eigenvalue weighted by molar-refractivity contribution is -0.416. The highest BCUT2D eigenvalue weighted by Gasteiger charge is 1.97. The third kappa shape index (κ3) is 4.65. The summed E-state index contributed by atoms with van der Waals surface area (Å²) in [6.07, 6.45) is 1.03. The number of quaternary nitrogens is 1. The molecule has 0 aliphatic rings. The van der Waals surface area contributed by atoms with Crippen LogP contribution in [0.4, 0.5) is 0 Å². The van der Waals surface area contributed by atoms with Gasteiger partial charge < -0.3 is 10.5 Å². The molecule has 0 aliphatic heterocycles. The highest BCUT2D eigenvalue weighted by Crippen LogP contribution is 2.00. The molecule has 0 amide bonds. The van der Waals surface area contributed by atoms with Crippen molar-refractivity contribution in [3.63, 3.8) is 0 Å². The number of ether oxygens (including phenoxy) is 1. The van der Waals surface area contributed by atoms with Crippen molar-refractivity contribution in [3.05, 3.63) is 35.9 Å². The number of hydrogen-bond donors (Lipinski definition) is 1. The minimum Gasteiger partial charge on any atom is -0.377 e. The van der Waals surface area contributed by atoms with E-state index in [2.05, 4.69) is 24.8 Å². The van der Waals surface area contributed by atoms with E-state index in [4.69, 9.17) is 4.74 Å². The summed E-state index contributed by atoms with van der Waals surface area (Å²) in [6.45, 7) is 3.62. The third-order valence-electron chi connectivity index (χ3n) is 1.87. The predicted octanol–water partition coefficient (Wildman–Crippen LogP) is 1.22. The van der Waals surface area contributed by atoms with Crippen LogP contribution in [0.15, 0.2) is 30.3 Å². The van der Waals surface area contributed by atoms with Gasteiger partial charge in [0.1, 0.15) is 0 Å². The Balaban J connectivity index is 2.13. The number of benzene rings is 1. The molecule has 0 saturated heterocycles. The van der Waals surface area contributed by atoms with Crippen LogP contribution in [0.2, 0.25) is 0 Å². The summed E-state index contributed by atoms with van der Waals surface area (Å²) in [6, 6.07) is 10.7. The number of rotatable bonds is 5. The van der Waals surface area contributed by atoms with Crippen LogP contribution in [-0.2, 0) is 11.3 Å². The van der Waals surface area contributed by atoms with Gasteiger partial charge in [0.25, 0.3) is 0 Å². The van der Waals surface area contributed by atoms with Gasteiger partial charge in [-0.05, 0) is 12.5 Å². The van der Waals surface area contributed by atoms with Crippen LogP contribution in [0.1, 0.15) is 18.9 Å². The molecular formula is C11H18NO+. The van der Waals surface area contributed by atoms with Gasteiger partial charge in [-0.25, -0.2) is 0 Å². The summed E-state index contributed by atoms with van der Waals surface area (Å²) in [7, 11) is 0. The van der Waals surface area contributed by atoms with Crippen molar-refractivity contribution in [1.82, 2.24) is 0 Å². The van der Waals surface area contributed by atoms with Gasteiger partial charge in [0.2, 0.25) is 0 Å². The molecule has 0 bridgehead atoms. The van der Waals surface area contributed by atoms with Crippen LogP contribution < -0.4 is 5.73 Å². The van der Waals surface area contributed by atoms with E-state index in [1.54, 1.807) is 0 Å². The van der Waals surface area contributed by atoms with E-state index >= 15 is 0 Å². The average molecular weight is 180 g/mol. The maximum Gasteiger partial charge on any atom is 0.0837 e. The lowest BCUT2D eigenvalue weighted by Gasteiger charge is -2.04. The molecular weight excluding hydrogens is 162 g/mol. The minimum absolute atomic E-state index is 0.482. The standard InChI is InChI=1S/C11H17NO/c1-10(12)7-8-13-9-11-5-3-2-4-6-11/h2-6,10H,7-9,12H2,1H3/p+1. The molecule has 0 aliphatic carbocycles. The smallest absolute Gasteiger partial charge is 0.0837 e. The van der Waals surface area contributed by atoms with E-state index in [1.165, 1.54) is 5.56 Å². The molecule has 1 rings (SSSR count). The van der Waals surface area contributed by atoms with Crippen LogP contribution in [0.3, 0.4) is 0 Å². The summed E-state index contributed by atoms with van der Waals surface area (Å²) in [5.74, 6) is 0. The molecule has 0 fully saturated rings. The Morgan fingerprint density at radius 1 is 1.31 bits per heavy atom. The van der Waals surface area contributed by atoms with E-state index < -0.39 is 0 Å². The van der Waals surface area contributed by atoms with Crippen molar-refractivity contribution < 1.29 is 10.5 Å². The summed E-state index contributed by atoms with van der Waals surface area (Å²) in [4.78, 5) is 0. The van der Waals surface area contributed by atoms with Crippen LogP contribution in [0.5, 0.6) is 0 Å². The van der Waals surface area contributed by atoms with Gasteiger partial charge in [-0.2, -0.15) is 0 Å². The molecule has 0 aromatic heterocycles. The van der Waals surface area contributed by atoms with Crippen LogP contribution >= 0.6 is 0 Å². The molecule has 0 radical (unpaired) electrons. The predicted molar refractivity (Wildman–Crippen MR) is 53.1 cm³/mol. The van der Waals surface area contributed by atoms with E-state index in [9.17, 15) is 0 Å². The lowest BCUT2D eigenvalue weighted by Crippen LogP contribution is -2.59. The first-order chi connectivity index (χ1) is 6.29. The van der Waals surface area contributed by atoms with Crippen LogP contribution in [-0.4, -0.2) is 12.6 Å². The fourth-order valence-corrected chi connectivity index (χ4v) is 1.05. The largest absolute Gasteiger partial charge is 0.377 e. The second-order valence-electron chi connectivity index (χ2n) is 3.43. The molecule has 2 heteroatoms. The Morgan fingerprint density at radius 3 is 2.62 bits per heavy atom. The first-order valence-electron chi connectivity index (χ1n) is 4.74. The second kappa shape index (κ2) is 5.73. The molecule has 3 N–H and O–H groups in total. The van der Waals surface area contributed by atoms with E-state index in [0.29, 0.717) is 12.6 Å². The van der Waals surface area contributed by atoms with Gasteiger partial charge in [-0.3, -0.25) is 0 Å². The van der Waals surface area contributed by atoms with Gasteiger partial charge in [0.05, 0.1) is 19.3 Å². The van der Waals surface area contributed by atoms with Gasteiger partial charge in [-0.15, -0.1) is 0 Å². The maximum atomic E-state index is 5.49. The van der Waals surface area contributed by atoms with E-state index in [1.807, 2.05) is 18.2 Å². The molecule has 2 nitrogen and oxygen atoms in total. The molecule has 1 atom stereocenters. The van der Waals surface area contributed by atoms with Crippen molar-refractivity contribution in [2.45, 2.75) is 26.0 Å². The highest BCUT2D eigenvalue weighted by atomic mass is 16.5. The number of hydrogen-bond acceptors (Lipinski definition) is 1.